The molecule has 5 nitrogen and oxygen atoms in total. The molecular weight excluding hydrogens is 490 g/mol. The SMILES string of the molecule is C=c1ccc(-c2c(-c3cccc(C)n3)[nH]c3ncccc23)c/c1=C/C(=C\C)C1=CN(CCCC(C)=N)C=CC=C1. The van der Waals surface area contributed by atoms with Crippen LogP contribution in [-0.4, -0.2) is 32.1 Å². The number of hydrogen-bond donors (Lipinski definition) is 2. The molecule has 4 heterocycles. The van der Waals surface area contributed by atoms with Gasteiger partial charge in [-0.3, -0.25) is 4.98 Å². The lowest BCUT2D eigenvalue weighted by Crippen LogP contribution is -2.23. The van der Waals surface area contributed by atoms with Crippen LogP contribution in [0, 0.1) is 12.3 Å². The summed E-state index contributed by atoms with van der Waals surface area (Å²) in [5.74, 6) is 0. The summed E-state index contributed by atoms with van der Waals surface area (Å²) in [6.07, 6.45) is 18.5. The van der Waals surface area contributed by atoms with Crippen molar-refractivity contribution >= 4 is 29.4 Å². The second kappa shape index (κ2) is 12.0. The van der Waals surface area contributed by atoms with Gasteiger partial charge in [-0.1, -0.05) is 43.0 Å². The van der Waals surface area contributed by atoms with Crippen LogP contribution in [0.2, 0.25) is 0 Å². The first-order valence-electron chi connectivity index (χ1n) is 13.7. The Morgan fingerprint density at radius 3 is 2.80 bits per heavy atom. The highest BCUT2D eigenvalue weighted by atomic mass is 15.1. The maximum Gasteiger partial charge on any atom is 0.138 e. The number of benzene rings is 1. The summed E-state index contributed by atoms with van der Waals surface area (Å²) < 4.78 is 0. The molecule has 1 aliphatic heterocycles. The summed E-state index contributed by atoms with van der Waals surface area (Å²) >= 11 is 0. The highest BCUT2D eigenvalue weighted by Gasteiger charge is 2.17. The van der Waals surface area contributed by atoms with Gasteiger partial charge in [0, 0.05) is 47.5 Å². The van der Waals surface area contributed by atoms with E-state index >= 15 is 0 Å². The minimum atomic E-state index is 0.721. The highest BCUT2D eigenvalue weighted by Crippen LogP contribution is 2.36. The summed E-state index contributed by atoms with van der Waals surface area (Å²) in [5.41, 5.74) is 8.81. The molecule has 0 aliphatic carbocycles. The monoisotopic (exact) mass is 525 g/mol. The number of nitrogens with zero attached hydrogens (tertiary/aromatic N) is 3. The van der Waals surface area contributed by atoms with Crippen LogP contribution < -0.4 is 10.4 Å². The maximum atomic E-state index is 7.73. The largest absolute Gasteiger partial charge is 0.354 e. The maximum absolute atomic E-state index is 7.73. The van der Waals surface area contributed by atoms with Crippen molar-refractivity contribution in [2.75, 3.05) is 6.54 Å². The van der Waals surface area contributed by atoms with Crippen LogP contribution in [0.5, 0.6) is 0 Å². The third-order valence-electron chi connectivity index (χ3n) is 7.04. The first-order valence-corrected chi connectivity index (χ1v) is 13.7. The number of aromatic amines is 1. The highest BCUT2D eigenvalue weighted by molar-refractivity contribution is 6.01. The van der Waals surface area contributed by atoms with E-state index in [4.69, 9.17) is 10.4 Å². The second-order valence-electron chi connectivity index (χ2n) is 10.1. The van der Waals surface area contributed by atoms with Gasteiger partial charge >= 0.3 is 0 Å². The van der Waals surface area contributed by atoms with Crippen molar-refractivity contribution in [2.24, 2.45) is 0 Å². The van der Waals surface area contributed by atoms with Gasteiger partial charge in [-0.2, -0.15) is 0 Å². The Labute approximate surface area is 235 Å². The van der Waals surface area contributed by atoms with Gasteiger partial charge in [0.15, 0.2) is 0 Å². The molecule has 4 aromatic rings. The standard InChI is InChI=1S/C35H35N5/c1-5-27(29-13-6-7-19-40(23-29)20-10-11-25(3)36)21-30-22-28(17-16-24(30)2)33-31-14-9-18-37-35(31)39-34(33)32-15-8-12-26(4)38-32/h5-9,12-19,21-23,36H,2,10-11,20H2,1,3-4H3,(H,37,39)/b27-5+,30-21-,36-25?. The molecular formula is C35H35N5. The molecule has 40 heavy (non-hydrogen) atoms. The van der Waals surface area contributed by atoms with Crippen LogP contribution >= 0.6 is 0 Å². The molecule has 0 saturated carbocycles. The molecule has 5 heteroatoms. The Morgan fingerprint density at radius 2 is 2.00 bits per heavy atom. The normalized spacial score (nSPS) is 14.1. The molecule has 1 aromatic carbocycles. The number of pyridine rings is 2. The molecule has 0 radical (unpaired) electrons. The molecule has 0 spiro atoms. The lowest BCUT2D eigenvalue weighted by Gasteiger charge is -2.16. The molecule has 3 aromatic heterocycles. The van der Waals surface area contributed by atoms with Crippen molar-refractivity contribution in [3.63, 3.8) is 0 Å². The topological polar surface area (TPSA) is 68.7 Å². The van der Waals surface area contributed by atoms with Gasteiger partial charge in [0.05, 0.1) is 11.4 Å². The van der Waals surface area contributed by atoms with Crippen molar-refractivity contribution in [1.29, 1.82) is 5.41 Å². The van der Waals surface area contributed by atoms with Crippen LogP contribution in [0.25, 0.3) is 46.2 Å². The Morgan fingerprint density at radius 1 is 1.12 bits per heavy atom. The van der Waals surface area contributed by atoms with E-state index in [1.807, 2.05) is 44.3 Å². The average Bonchev–Trinajstić information content (AvgIpc) is 3.18. The fourth-order valence-electron chi connectivity index (χ4n) is 5.00. The zero-order valence-electron chi connectivity index (χ0n) is 23.4. The second-order valence-corrected chi connectivity index (χ2v) is 10.1. The number of aromatic nitrogens is 3. The van der Waals surface area contributed by atoms with Gasteiger partial charge in [-0.05, 0) is 103 Å². The first kappa shape index (κ1) is 26.8. The molecule has 0 bridgehead atoms. The van der Waals surface area contributed by atoms with E-state index in [0.29, 0.717) is 0 Å². The number of allylic oxidation sites excluding steroid dienone is 6. The molecule has 0 saturated heterocycles. The number of H-pyrrole nitrogens is 1. The molecule has 0 amide bonds. The summed E-state index contributed by atoms with van der Waals surface area (Å²) in [7, 11) is 0. The van der Waals surface area contributed by atoms with Gasteiger partial charge < -0.3 is 15.3 Å². The van der Waals surface area contributed by atoms with E-state index < -0.39 is 0 Å². The molecule has 200 valence electrons. The summed E-state index contributed by atoms with van der Waals surface area (Å²) in [6.45, 7) is 11.2. The van der Waals surface area contributed by atoms with Crippen molar-refractivity contribution < 1.29 is 0 Å². The van der Waals surface area contributed by atoms with Gasteiger partial charge in [-0.25, -0.2) is 4.98 Å². The quantitative estimate of drug-likeness (QED) is 0.248. The predicted octanol–water partition coefficient (Wildman–Crippen LogP) is 6.83. The van der Waals surface area contributed by atoms with Crippen LogP contribution in [0.3, 0.4) is 0 Å². The Bertz CT molecular complexity index is 1800. The summed E-state index contributed by atoms with van der Waals surface area (Å²) in [6, 6.07) is 16.6. The molecule has 1 aliphatic rings. The van der Waals surface area contributed by atoms with Crippen molar-refractivity contribution in [1.82, 2.24) is 19.9 Å². The summed E-state index contributed by atoms with van der Waals surface area (Å²) in [4.78, 5) is 15.1. The van der Waals surface area contributed by atoms with E-state index in [1.54, 1.807) is 0 Å². The lowest BCUT2D eigenvalue weighted by molar-refractivity contribution is 0.493. The van der Waals surface area contributed by atoms with Gasteiger partial charge in [0.25, 0.3) is 0 Å². The fourth-order valence-corrected chi connectivity index (χ4v) is 5.00. The Hall–Kier alpha value is -4.77. The molecule has 5 rings (SSSR count). The molecule has 2 N–H and O–H groups in total. The van der Waals surface area contributed by atoms with Crippen LogP contribution in [0.1, 0.15) is 32.4 Å². The molecule has 0 unspecified atom stereocenters. The number of fused-ring (bicyclic) bond motifs is 1. The third-order valence-corrected chi connectivity index (χ3v) is 7.04. The van der Waals surface area contributed by atoms with Crippen molar-refractivity contribution in [3.05, 3.63) is 119 Å². The minimum absolute atomic E-state index is 0.721. The lowest BCUT2D eigenvalue weighted by atomic mass is 9.98. The average molecular weight is 526 g/mol. The van der Waals surface area contributed by atoms with E-state index in [1.165, 1.54) is 0 Å². The van der Waals surface area contributed by atoms with E-state index in [2.05, 4.69) is 95.4 Å². The van der Waals surface area contributed by atoms with Crippen molar-refractivity contribution in [2.45, 2.75) is 33.6 Å². The number of nitrogens with one attached hydrogen (secondary N) is 2. The smallest absolute Gasteiger partial charge is 0.138 e. The van der Waals surface area contributed by atoms with Gasteiger partial charge in [-0.15, -0.1) is 0 Å². The predicted molar refractivity (Wildman–Crippen MR) is 168 cm³/mol. The van der Waals surface area contributed by atoms with E-state index in [9.17, 15) is 0 Å². The van der Waals surface area contributed by atoms with E-state index in [0.717, 1.165) is 85.9 Å². The van der Waals surface area contributed by atoms with Gasteiger partial charge in [0.2, 0.25) is 0 Å². The fraction of sp³-hybridized carbons (Fsp3) is 0.171. The van der Waals surface area contributed by atoms with Crippen LogP contribution in [0.15, 0.2) is 103 Å². The van der Waals surface area contributed by atoms with Crippen LogP contribution in [0.4, 0.5) is 0 Å². The molecule has 0 fully saturated rings. The van der Waals surface area contributed by atoms with E-state index in [-0.39, 0.29) is 0 Å². The first-order chi connectivity index (χ1) is 19.4. The summed E-state index contributed by atoms with van der Waals surface area (Å²) in [5, 5.41) is 10.8. The van der Waals surface area contributed by atoms with Gasteiger partial charge in [0.1, 0.15) is 5.65 Å². The number of hydrogen-bond acceptors (Lipinski definition) is 4. The zero-order chi connectivity index (χ0) is 28.1. The number of rotatable bonds is 8. The third kappa shape index (κ3) is 5.94. The zero-order valence-corrected chi connectivity index (χ0v) is 23.4. The Balaban J connectivity index is 1.58. The van der Waals surface area contributed by atoms with Crippen molar-refractivity contribution in [3.8, 4) is 22.5 Å². The number of aryl methyl sites for hydroxylation is 1. The Kier molecular flexibility index (Phi) is 8.02. The van der Waals surface area contributed by atoms with Crippen LogP contribution in [-0.2, 0) is 0 Å². The minimum Gasteiger partial charge on any atom is -0.354 e. The molecule has 0 atom stereocenters.